The maximum atomic E-state index is 14.0. The van der Waals surface area contributed by atoms with Gasteiger partial charge in [-0.3, -0.25) is 9.59 Å². The molecule has 4 unspecified atom stereocenters. The Morgan fingerprint density at radius 1 is 1.08 bits per heavy atom. The van der Waals surface area contributed by atoms with Gasteiger partial charge < -0.3 is 15.0 Å². The quantitative estimate of drug-likeness (QED) is 0.476. The number of sulfone groups is 1. The Bertz CT molecular complexity index is 1230. The number of benzene rings is 2. The fraction of sp³-hybridized carbons (Fsp3) is 0.481. The first-order valence-electron chi connectivity index (χ1n) is 12.2. The summed E-state index contributed by atoms with van der Waals surface area (Å²) in [5, 5.41) is 3.70. The van der Waals surface area contributed by atoms with Gasteiger partial charge >= 0.3 is 0 Å². The van der Waals surface area contributed by atoms with Crippen LogP contribution in [0.25, 0.3) is 0 Å². The Morgan fingerprint density at radius 2 is 1.73 bits per heavy atom. The van der Waals surface area contributed by atoms with Crippen LogP contribution in [0.3, 0.4) is 0 Å². The molecule has 0 aliphatic carbocycles. The van der Waals surface area contributed by atoms with Crippen LogP contribution in [0.1, 0.15) is 64.3 Å². The molecule has 1 N–H and O–H groups in total. The van der Waals surface area contributed by atoms with Crippen molar-refractivity contribution in [2.45, 2.75) is 70.1 Å². The minimum Gasteiger partial charge on any atom is -0.356 e. The summed E-state index contributed by atoms with van der Waals surface area (Å²) in [7, 11) is -3.57. The van der Waals surface area contributed by atoms with Crippen LogP contribution in [0.15, 0.2) is 48.5 Å². The Balaban J connectivity index is 2.19. The van der Waals surface area contributed by atoms with Crippen molar-refractivity contribution in [1.82, 2.24) is 10.2 Å². The smallest absolute Gasteiger partial charge is 0.254 e. The number of nitrogens with zero attached hydrogens (tertiary/aromatic N) is 1. The molecular weight excluding hydrogens is 535 g/mol. The molecule has 37 heavy (non-hydrogen) atoms. The van der Waals surface area contributed by atoms with Crippen LogP contribution < -0.4 is 5.32 Å². The summed E-state index contributed by atoms with van der Waals surface area (Å²) in [6.07, 6.45) is -1.29. The van der Waals surface area contributed by atoms with Crippen LogP contribution in [0.2, 0.25) is 10.0 Å². The zero-order chi connectivity index (χ0) is 27.5. The molecule has 1 fully saturated rings. The lowest BCUT2D eigenvalue weighted by atomic mass is 9.90. The van der Waals surface area contributed by atoms with Crippen molar-refractivity contribution in [1.29, 1.82) is 0 Å². The van der Waals surface area contributed by atoms with Crippen molar-refractivity contribution >= 4 is 44.9 Å². The number of carbonyl (C=O) groups is 2. The highest BCUT2D eigenvalue weighted by Gasteiger charge is 2.48. The molecule has 0 aromatic heterocycles. The van der Waals surface area contributed by atoms with Crippen molar-refractivity contribution in [2.75, 3.05) is 12.3 Å². The van der Waals surface area contributed by atoms with Gasteiger partial charge in [-0.05, 0) is 62.6 Å². The Morgan fingerprint density at radius 3 is 2.27 bits per heavy atom. The number of amides is 2. The molecule has 4 atom stereocenters. The van der Waals surface area contributed by atoms with E-state index in [0.717, 1.165) is 11.1 Å². The molecular formula is C27H34Cl2N2O5S. The van der Waals surface area contributed by atoms with E-state index in [2.05, 4.69) is 5.32 Å². The molecule has 2 amide bonds. The first kappa shape index (κ1) is 29.4. The lowest BCUT2D eigenvalue weighted by Gasteiger charge is -2.48. The van der Waals surface area contributed by atoms with Crippen molar-refractivity contribution in [3.05, 3.63) is 69.7 Å². The Hall–Kier alpha value is -2.13. The number of hydrogen-bond acceptors (Lipinski definition) is 5. The number of nitrogens with one attached hydrogen (secondary N) is 1. The number of morpholine rings is 1. The van der Waals surface area contributed by atoms with Gasteiger partial charge in [-0.1, -0.05) is 54.4 Å². The lowest BCUT2D eigenvalue weighted by molar-refractivity contribution is -0.178. The van der Waals surface area contributed by atoms with Crippen molar-refractivity contribution in [2.24, 2.45) is 0 Å². The van der Waals surface area contributed by atoms with E-state index in [0.29, 0.717) is 16.5 Å². The van der Waals surface area contributed by atoms with Crippen molar-refractivity contribution in [3.63, 3.8) is 0 Å². The second-order valence-corrected chi connectivity index (χ2v) is 13.9. The van der Waals surface area contributed by atoms with Gasteiger partial charge in [0.15, 0.2) is 15.9 Å². The van der Waals surface area contributed by atoms with E-state index in [-0.39, 0.29) is 24.1 Å². The van der Waals surface area contributed by atoms with Crippen LogP contribution in [0, 0.1) is 0 Å². The summed E-state index contributed by atoms with van der Waals surface area (Å²) < 4.78 is 32.0. The third kappa shape index (κ3) is 6.85. The zero-order valence-electron chi connectivity index (χ0n) is 21.7. The van der Waals surface area contributed by atoms with Gasteiger partial charge in [0.1, 0.15) is 6.10 Å². The molecule has 1 aliphatic heterocycles. The summed E-state index contributed by atoms with van der Waals surface area (Å²) in [4.78, 5) is 27.3. The van der Waals surface area contributed by atoms with Gasteiger partial charge in [-0.2, -0.15) is 0 Å². The van der Waals surface area contributed by atoms with Gasteiger partial charge in [0, 0.05) is 23.0 Å². The van der Waals surface area contributed by atoms with Crippen LogP contribution in [0.4, 0.5) is 0 Å². The van der Waals surface area contributed by atoms with E-state index in [4.69, 9.17) is 27.9 Å². The van der Waals surface area contributed by atoms with Gasteiger partial charge in [0.05, 0.1) is 23.1 Å². The maximum Gasteiger partial charge on any atom is 0.254 e. The average molecular weight is 570 g/mol. The molecule has 2 aromatic carbocycles. The van der Waals surface area contributed by atoms with E-state index in [1.807, 2.05) is 25.1 Å². The standard InChI is InChI=1S/C27H34Cl2N2O5S/c1-6-22(16-37(34,35)27(3,4)5)31-24(18-10-12-20(28)13-11-18)25(19-8-7-9-21(29)14-19)36-23(26(31)33)15-30-17(2)32/h7-14,22-25H,6,15-16H2,1-5H3,(H,30,32). The minimum absolute atomic E-state index is 0.0441. The fourth-order valence-electron chi connectivity index (χ4n) is 4.38. The van der Waals surface area contributed by atoms with E-state index in [1.54, 1.807) is 56.0 Å². The number of rotatable bonds is 8. The van der Waals surface area contributed by atoms with Gasteiger partial charge in [-0.15, -0.1) is 0 Å². The normalized spacial score (nSPS) is 21.5. The molecule has 3 rings (SSSR count). The van der Waals surface area contributed by atoms with Gasteiger partial charge in [-0.25, -0.2) is 8.42 Å². The fourth-order valence-corrected chi connectivity index (χ4v) is 6.10. The summed E-state index contributed by atoms with van der Waals surface area (Å²) in [5.74, 6) is -0.898. The van der Waals surface area contributed by atoms with Crippen LogP contribution in [-0.2, 0) is 24.2 Å². The van der Waals surface area contributed by atoms with E-state index < -0.39 is 38.9 Å². The van der Waals surface area contributed by atoms with Gasteiger partial charge in [0.2, 0.25) is 5.91 Å². The highest BCUT2D eigenvalue weighted by molar-refractivity contribution is 7.92. The van der Waals surface area contributed by atoms with Gasteiger partial charge in [0.25, 0.3) is 5.91 Å². The number of halogens is 2. The van der Waals surface area contributed by atoms with E-state index >= 15 is 0 Å². The van der Waals surface area contributed by atoms with E-state index in [9.17, 15) is 18.0 Å². The summed E-state index contributed by atoms with van der Waals surface area (Å²) >= 11 is 12.5. The molecule has 0 bridgehead atoms. The summed E-state index contributed by atoms with van der Waals surface area (Å²) in [5.41, 5.74) is 1.47. The number of hydrogen-bond donors (Lipinski definition) is 1. The zero-order valence-corrected chi connectivity index (χ0v) is 24.0. The first-order valence-corrected chi connectivity index (χ1v) is 14.6. The monoisotopic (exact) mass is 568 g/mol. The highest BCUT2D eigenvalue weighted by Crippen LogP contribution is 2.44. The second-order valence-electron chi connectivity index (χ2n) is 10.2. The Kier molecular flexibility index (Phi) is 9.32. The molecule has 1 saturated heterocycles. The summed E-state index contributed by atoms with van der Waals surface area (Å²) in [6.45, 7) is 8.14. The van der Waals surface area contributed by atoms with E-state index in [1.165, 1.54) is 6.92 Å². The highest BCUT2D eigenvalue weighted by atomic mass is 35.5. The molecule has 1 aliphatic rings. The molecule has 1 heterocycles. The third-order valence-electron chi connectivity index (χ3n) is 6.56. The average Bonchev–Trinajstić information content (AvgIpc) is 2.81. The van der Waals surface area contributed by atoms with Crippen LogP contribution in [0.5, 0.6) is 0 Å². The number of ether oxygens (including phenoxy) is 1. The van der Waals surface area contributed by atoms with Crippen molar-refractivity contribution in [3.8, 4) is 0 Å². The van der Waals surface area contributed by atoms with Crippen LogP contribution in [-0.4, -0.2) is 54.3 Å². The molecule has 0 saturated carbocycles. The second kappa shape index (κ2) is 11.7. The topological polar surface area (TPSA) is 92.8 Å². The molecule has 0 radical (unpaired) electrons. The number of carbonyl (C=O) groups excluding carboxylic acids is 2. The van der Waals surface area contributed by atoms with Crippen molar-refractivity contribution < 1.29 is 22.7 Å². The predicted molar refractivity (Wildman–Crippen MR) is 146 cm³/mol. The minimum atomic E-state index is -3.57. The molecule has 2 aromatic rings. The van der Waals surface area contributed by atoms with Crippen LogP contribution >= 0.6 is 23.2 Å². The molecule has 7 nitrogen and oxygen atoms in total. The SMILES string of the molecule is CCC(CS(=O)(=O)C(C)(C)C)N1C(=O)C(CNC(C)=O)OC(c2cccc(Cl)c2)C1c1ccc(Cl)cc1. The maximum absolute atomic E-state index is 14.0. The summed E-state index contributed by atoms with van der Waals surface area (Å²) in [6, 6.07) is 13.0. The third-order valence-corrected chi connectivity index (χ3v) is 9.74. The molecule has 0 spiro atoms. The molecule has 10 heteroatoms. The first-order chi connectivity index (χ1) is 17.2. The predicted octanol–water partition coefficient (Wildman–Crippen LogP) is 5.13. The molecule has 202 valence electrons. The Labute approximate surface area is 229 Å². The lowest BCUT2D eigenvalue weighted by Crippen LogP contribution is -2.58. The largest absolute Gasteiger partial charge is 0.356 e.